The van der Waals surface area contributed by atoms with Crippen LogP contribution in [0.4, 0.5) is 4.39 Å². The SMILES string of the molecule is NC1CCN(CCN2CCC(O)CC2)CC1.O=C(NC1CCN(CCN2CCCCCC2)CC1)c1cc2c(Oc3ccc(F)cc3)cccc2[nH]1. The fourth-order valence-electron chi connectivity index (χ4n) is 7.78. The number of fused-ring (bicyclic) bond motifs is 1. The summed E-state index contributed by atoms with van der Waals surface area (Å²) in [5, 5.41) is 13.5. The zero-order valence-corrected chi connectivity index (χ0v) is 30.4. The quantitative estimate of drug-likeness (QED) is 0.232. The zero-order valence-electron chi connectivity index (χ0n) is 30.4. The number of hydrogen-bond donors (Lipinski definition) is 4. The number of H-pyrrole nitrogens is 1. The van der Waals surface area contributed by atoms with Crippen LogP contribution in [0.25, 0.3) is 10.9 Å². The van der Waals surface area contributed by atoms with Crippen LogP contribution in [0.15, 0.2) is 48.5 Å². The van der Waals surface area contributed by atoms with E-state index in [2.05, 4.69) is 29.9 Å². The summed E-state index contributed by atoms with van der Waals surface area (Å²) in [4.78, 5) is 26.4. The number of aromatic nitrogens is 1. The molecule has 0 atom stereocenters. The highest BCUT2D eigenvalue weighted by Gasteiger charge is 2.23. The smallest absolute Gasteiger partial charge is 0.267 e. The van der Waals surface area contributed by atoms with Gasteiger partial charge < -0.3 is 45.5 Å². The van der Waals surface area contributed by atoms with Gasteiger partial charge >= 0.3 is 0 Å². The Morgan fingerprint density at radius 2 is 1.31 bits per heavy atom. The topological polar surface area (TPSA) is 113 Å². The highest BCUT2D eigenvalue weighted by molar-refractivity contribution is 5.99. The minimum absolute atomic E-state index is 0.0516. The van der Waals surface area contributed by atoms with Crippen LogP contribution in [-0.4, -0.2) is 132 Å². The summed E-state index contributed by atoms with van der Waals surface area (Å²) < 4.78 is 19.2. The molecule has 0 bridgehead atoms. The molecule has 1 amide bonds. The second-order valence-electron chi connectivity index (χ2n) is 15.1. The molecule has 0 saturated carbocycles. The number of nitrogens with zero attached hydrogens (tertiary/aromatic N) is 4. The molecule has 51 heavy (non-hydrogen) atoms. The van der Waals surface area contributed by atoms with Gasteiger partial charge in [0, 0.05) is 75.3 Å². The van der Waals surface area contributed by atoms with Crippen LogP contribution in [-0.2, 0) is 0 Å². The van der Waals surface area contributed by atoms with Gasteiger partial charge in [0.05, 0.1) is 6.10 Å². The lowest BCUT2D eigenvalue weighted by molar-refractivity contribution is 0.0745. The molecule has 3 aromatic rings. The van der Waals surface area contributed by atoms with Gasteiger partial charge in [-0.25, -0.2) is 4.39 Å². The third kappa shape index (κ3) is 11.7. The summed E-state index contributed by atoms with van der Waals surface area (Å²) in [6.07, 6.45) is 11.5. The number of piperidine rings is 3. The molecule has 4 saturated heterocycles. The maximum absolute atomic E-state index is 13.2. The van der Waals surface area contributed by atoms with Crippen molar-refractivity contribution >= 4 is 16.8 Å². The number of ether oxygens (including phenoxy) is 1. The average molecular weight is 706 g/mol. The molecule has 4 fully saturated rings. The van der Waals surface area contributed by atoms with E-state index in [0.717, 1.165) is 108 Å². The van der Waals surface area contributed by atoms with E-state index in [0.29, 0.717) is 23.2 Å². The normalized spacial score (nSPS) is 21.2. The number of nitrogens with one attached hydrogen (secondary N) is 2. The van der Waals surface area contributed by atoms with Gasteiger partial charge in [-0.2, -0.15) is 0 Å². The minimum Gasteiger partial charge on any atom is -0.457 e. The Morgan fingerprint density at radius 1 is 0.765 bits per heavy atom. The molecule has 0 unspecified atom stereocenters. The fraction of sp³-hybridized carbons (Fsp3) is 0.625. The van der Waals surface area contributed by atoms with Crippen LogP contribution in [0.2, 0.25) is 0 Å². The number of benzene rings is 2. The van der Waals surface area contributed by atoms with Crippen molar-refractivity contribution in [2.75, 3.05) is 78.5 Å². The van der Waals surface area contributed by atoms with E-state index in [-0.39, 0.29) is 23.9 Å². The van der Waals surface area contributed by atoms with Gasteiger partial charge in [-0.15, -0.1) is 0 Å². The van der Waals surface area contributed by atoms with Crippen molar-refractivity contribution in [2.45, 2.75) is 82.4 Å². The van der Waals surface area contributed by atoms with Crippen LogP contribution in [0.5, 0.6) is 11.5 Å². The molecule has 280 valence electrons. The number of hydrogen-bond acceptors (Lipinski definition) is 8. The number of halogens is 1. The maximum Gasteiger partial charge on any atom is 0.267 e. The number of rotatable bonds is 10. The molecule has 5 heterocycles. The Labute approximate surface area is 303 Å². The first-order chi connectivity index (χ1) is 24.9. The van der Waals surface area contributed by atoms with Gasteiger partial charge in [0.2, 0.25) is 0 Å². The Kier molecular flexibility index (Phi) is 14.1. The van der Waals surface area contributed by atoms with Crippen molar-refractivity contribution in [1.29, 1.82) is 0 Å². The summed E-state index contributed by atoms with van der Waals surface area (Å²) in [5.41, 5.74) is 7.24. The number of carbonyl (C=O) groups excluding carboxylic acids is 1. The summed E-state index contributed by atoms with van der Waals surface area (Å²) >= 11 is 0. The third-order valence-corrected chi connectivity index (χ3v) is 11.2. The monoisotopic (exact) mass is 705 g/mol. The Balaban J connectivity index is 0.000000234. The molecule has 1 aromatic heterocycles. The second kappa shape index (κ2) is 19.1. The van der Waals surface area contributed by atoms with Crippen molar-refractivity contribution < 1.29 is 19.0 Å². The molecule has 11 heteroatoms. The second-order valence-corrected chi connectivity index (χ2v) is 15.1. The third-order valence-electron chi connectivity index (χ3n) is 11.2. The van der Waals surface area contributed by atoms with Crippen molar-refractivity contribution in [3.8, 4) is 11.5 Å². The number of carbonyl (C=O) groups is 1. The van der Waals surface area contributed by atoms with Crippen molar-refractivity contribution in [3.63, 3.8) is 0 Å². The number of amides is 1. The number of aromatic amines is 1. The lowest BCUT2D eigenvalue weighted by atomic mass is 10.0. The Hall–Kier alpha value is -3.06. The molecule has 10 nitrogen and oxygen atoms in total. The van der Waals surface area contributed by atoms with Crippen molar-refractivity contribution in [1.82, 2.24) is 29.9 Å². The zero-order chi connectivity index (χ0) is 35.4. The first kappa shape index (κ1) is 37.7. The van der Waals surface area contributed by atoms with E-state index in [1.807, 2.05) is 24.3 Å². The minimum atomic E-state index is -0.306. The van der Waals surface area contributed by atoms with Gasteiger partial charge in [-0.05, 0) is 120 Å². The lowest BCUT2D eigenvalue weighted by Gasteiger charge is -2.34. The van der Waals surface area contributed by atoms with Crippen molar-refractivity contribution in [3.05, 3.63) is 60.0 Å². The van der Waals surface area contributed by atoms with E-state index >= 15 is 0 Å². The van der Waals surface area contributed by atoms with Crippen LogP contribution in [0.3, 0.4) is 0 Å². The Morgan fingerprint density at radius 3 is 1.92 bits per heavy atom. The number of likely N-dealkylation sites (tertiary alicyclic amines) is 4. The van der Waals surface area contributed by atoms with Gasteiger partial charge in [0.15, 0.2) is 0 Å². The maximum atomic E-state index is 13.2. The van der Waals surface area contributed by atoms with Crippen molar-refractivity contribution in [2.24, 2.45) is 5.73 Å². The lowest BCUT2D eigenvalue weighted by Crippen LogP contribution is -2.46. The standard InChI is InChI=1S/C28H35FN4O2.C12H25N3O/c29-21-8-10-23(11-9-21)35-27-7-5-6-25-24(27)20-26(31-25)28(34)30-22-12-16-33(17-13-22)19-18-32-14-3-1-2-4-15-32;13-11-1-5-14(6-2-11)9-10-15-7-3-12(16)4-8-15/h5-11,20,22,31H,1-4,12-19H2,(H,30,34);11-12,16H,1-10,13H2. The van der Waals surface area contributed by atoms with E-state index < -0.39 is 0 Å². The molecule has 0 aliphatic carbocycles. The first-order valence-corrected chi connectivity index (χ1v) is 19.6. The predicted octanol–water partition coefficient (Wildman–Crippen LogP) is 5.04. The van der Waals surface area contributed by atoms with Gasteiger partial charge in [0.25, 0.3) is 5.91 Å². The molecule has 2 aromatic carbocycles. The number of aliphatic hydroxyl groups excluding tert-OH is 1. The first-order valence-electron chi connectivity index (χ1n) is 19.6. The van der Waals surface area contributed by atoms with Gasteiger partial charge in [-0.3, -0.25) is 4.79 Å². The molecular formula is C40H60FN7O3. The van der Waals surface area contributed by atoms with Gasteiger partial charge in [0.1, 0.15) is 23.0 Å². The van der Waals surface area contributed by atoms with Crippen LogP contribution >= 0.6 is 0 Å². The summed E-state index contributed by atoms with van der Waals surface area (Å²) in [5.74, 6) is 0.784. The highest BCUT2D eigenvalue weighted by atomic mass is 19.1. The van der Waals surface area contributed by atoms with E-state index in [1.54, 1.807) is 12.1 Å². The van der Waals surface area contributed by atoms with Crippen LogP contribution < -0.4 is 15.8 Å². The predicted molar refractivity (Wildman–Crippen MR) is 202 cm³/mol. The largest absolute Gasteiger partial charge is 0.457 e. The number of aliphatic hydroxyl groups is 1. The van der Waals surface area contributed by atoms with Gasteiger partial charge in [-0.1, -0.05) is 18.9 Å². The van der Waals surface area contributed by atoms with E-state index in [9.17, 15) is 14.3 Å². The van der Waals surface area contributed by atoms with E-state index in [1.165, 1.54) is 57.5 Å². The molecular weight excluding hydrogens is 645 g/mol. The molecule has 4 aliphatic rings. The average Bonchev–Trinajstić information content (AvgIpc) is 3.43. The highest BCUT2D eigenvalue weighted by Crippen LogP contribution is 2.31. The van der Waals surface area contributed by atoms with Crippen LogP contribution in [0, 0.1) is 5.82 Å². The summed E-state index contributed by atoms with van der Waals surface area (Å²) in [6, 6.07) is 14.0. The molecule has 5 N–H and O–H groups in total. The Bertz CT molecular complexity index is 1450. The molecule has 7 rings (SSSR count). The van der Waals surface area contributed by atoms with E-state index in [4.69, 9.17) is 10.5 Å². The molecule has 0 radical (unpaired) electrons. The van der Waals surface area contributed by atoms with Crippen LogP contribution in [0.1, 0.15) is 74.7 Å². The molecule has 4 aliphatic heterocycles. The number of nitrogens with two attached hydrogens (primary N) is 1. The summed E-state index contributed by atoms with van der Waals surface area (Å²) in [7, 11) is 0. The fourth-order valence-corrected chi connectivity index (χ4v) is 7.78. The summed E-state index contributed by atoms with van der Waals surface area (Å²) in [6.45, 7) is 13.6. The molecule has 0 spiro atoms.